The first kappa shape index (κ1) is 7.29. The molecule has 0 heterocycles. The van der Waals surface area contributed by atoms with Crippen molar-refractivity contribution in [2.24, 2.45) is 0 Å². The molecule has 0 spiro atoms. The second kappa shape index (κ2) is 2.59. The molecule has 0 aliphatic heterocycles. The van der Waals surface area contributed by atoms with E-state index < -0.39 is 0 Å². The number of carbonyl (C=O) groups excluding carboxylic acids is 1. The molecule has 0 amide bonds. The van der Waals surface area contributed by atoms with Gasteiger partial charge in [-0.2, -0.15) is 0 Å². The third-order valence-electron chi connectivity index (χ3n) is 2.19. The monoisotopic (exact) mass is 158 g/mol. The lowest BCUT2D eigenvalue weighted by Crippen LogP contribution is -2.31. The van der Waals surface area contributed by atoms with Gasteiger partial charge in [0.2, 0.25) is 0 Å². The van der Waals surface area contributed by atoms with Gasteiger partial charge in [-0.05, 0) is 29.0 Å². The fraction of sp³-hybridized carbons (Fsp3) is 0.182. The number of aryl methyl sites for hydroxylation is 1. The molecule has 1 aliphatic rings. The quantitative estimate of drug-likeness (QED) is 0.538. The van der Waals surface area contributed by atoms with Crippen LogP contribution >= 0.6 is 0 Å². The van der Waals surface area contributed by atoms with Gasteiger partial charge in [0.1, 0.15) is 0 Å². The maximum atomic E-state index is 11.1. The van der Waals surface area contributed by atoms with Crippen molar-refractivity contribution in [2.75, 3.05) is 0 Å². The van der Waals surface area contributed by atoms with Crippen molar-refractivity contribution < 1.29 is 4.79 Å². The molecule has 1 aromatic carbocycles. The molecule has 0 radical (unpaired) electrons. The molecule has 0 unspecified atom stereocenters. The summed E-state index contributed by atoms with van der Waals surface area (Å²) in [5.74, 6) is 0.205. The van der Waals surface area contributed by atoms with Gasteiger partial charge in [0.05, 0.1) is 0 Å². The van der Waals surface area contributed by atoms with Crippen LogP contribution in [-0.4, -0.2) is 5.78 Å². The number of benzene rings is 1. The Morgan fingerprint density at radius 3 is 3.00 bits per heavy atom. The van der Waals surface area contributed by atoms with E-state index in [0.717, 1.165) is 5.22 Å². The summed E-state index contributed by atoms with van der Waals surface area (Å²) in [5, 5.41) is 2.28. The summed E-state index contributed by atoms with van der Waals surface area (Å²) in [7, 11) is 0. The molecular formula is C11H10O. The highest BCUT2D eigenvalue weighted by Gasteiger charge is 2.01. The minimum atomic E-state index is 0.205. The van der Waals surface area contributed by atoms with Crippen LogP contribution in [0.15, 0.2) is 18.2 Å². The molecule has 0 saturated carbocycles. The first-order valence-electron chi connectivity index (χ1n) is 4.08. The van der Waals surface area contributed by atoms with Crippen LogP contribution in [0.3, 0.4) is 0 Å². The van der Waals surface area contributed by atoms with E-state index in [1.165, 1.54) is 10.8 Å². The first-order valence-corrected chi connectivity index (χ1v) is 4.08. The Morgan fingerprint density at radius 2 is 2.17 bits per heavy atom. The zero-order chi connectivity index (χ0) is 8.55. The SMILES string of the molecule is Cc1cccc2c1=CC(=O)CC=2. The summed E-state index contributed by atoms with van der Waals surface area (Å²) < 4.78 is 0. The fourth-order valence-electron chi connectivity index (χ4n) is 1.51. The standard InChI is InChI=1S/C11H10O/c1-8-3-2-4-9-5-6-10(12)7-11(8)9/h2-5,7H,6H2,1H3. The molecule has 12 heavy (non-hydrogen) atoms. The van der Waals surface area contributed by atoms with Crippen LogP contribution in [0, 0.1) is 6.92 Å². The van der Waals surface area contributed by atoms with Gasteiger partial charge in [0, 0.05) is 6.42 Å². The number of carbonyl (C=O) groups is 1. The van der Waals surface area contributed by atoms with Gasteiger partial charge in [-0.3, -0.25) is 4.79 Å². The van der Waals surface area contributed by atoms with Gasteiger partial charge >= 0.3 is 0 Å². The molecule has 0 saturated heterocycles. The van der Waals surface area contributed by atoms with E-state index in [1.54, 1.807) is 6.08 Å². The molecule has 0 bridgehead atoms. The fourth-order valence-corrected chi connectivity index (χ4v) is 1.51. The number of ketones is 1. The predicted molar refractivity (Wildman–Crippen MR) is 49.0 cm³/mol. The van der Waals surface area contributed by atoms with Crippen molar-refractivity contribution in [3.05, 3.63) is 34.2 Å². The third-order valence-corrected chi connectivity index (χ3v) is 2.19. The van der Waals surface area contributed by atoms with Crippen LogP contribution in [-0.2, 0) is 4.79 Å². The summed E-state index contributed by atoms with van der Waals surface area (Å²) in [6.45, 7) is 2.03. The zero-order valence-electron chi connectivity index (χ0n) is 7.00. The molecule has 0 atom stereocenters. The van der Waals surface area contributed by atoms with Crippen LogP contribution < -0.4 is 10.4 Å². The van der Waals surface area contributed by atoms with Gasteiger partial charge in [-0.15, -0.1) is 0 Å². The Labute approximate surface area is 71.0 Å². The summed E-state index contributed by atoms with van der Waals surface area (Å²) in [6, 6.07) is 6.10. The lowest BCUT2D eigenvalue weighted by atomic mass is 10.0. The van der Waals surface area contributed by atoms with Crippen molar-refractivity contribution >= 4 is 17.9 Å². The molecule has 2 rings (SSSR count). The van der Waals surface area contributed by atoms with E-state index in [9.17, 15) is 4.79 Å². The summed E-state index contributed by atoms with van der Waals surface area (Å²) in [6.07, 6.45) is 4.28. The van der Waals surface area contributed by atoms with E-state index in [1.807, 2.05) is 31.2 Å². The minimum Gasteiger partial charge on any atom is -0.294 e. The second-order valence-electron chi connectivity index (χ2n) is 3.10. The van der Waals surface area contributed by atoms with Crippen LogP contribution in [0.2, 0.25) is 0 Å². The third kappa shape index (κ3) is 1.07. The Bertz CT molecular complexity index is 441. The number of fused-ring (bicyclic) bond motifs is 1. The molecule has 60 valence electrons. The van der Waals surface area contributed by atoms with Gasteiger partial charge in [0.15, 0.2) is 5.78 Å². The van der Waals surface area contributed by atoms with Gasteiger partial charge < -0.3 is 0 Å². The van der Waals surface area contributed by atoms with Crippen LogP contribution in [0.25, 0.3) is 12.2 Å². The van der Waals surface area contributed by atoms with Crippen molar-refractivity contribution in [1.82, 2.24) is 0 Å². The molecular weight excluding hydrogens is 148 g/mol. The predicted octanol–water partition coefficient (Wildman–Crippen LogP) is 0.529. The van der Waals surface area contributed by atoms with E-state index in [-0.39, 0.29) is 5.78 Å². The van der Waals surface area contributed by atoms with Crippen molar-refractivity contribution in [3.8, 4) is 0 Å². The Balaban J connectivity index is 2.89. The number of Topliss-reactive ketones (excluding diaryl/α,β-unsaturated/α-hetero) is 1. The molecule has 0 aromatic heterocycles. The van der Waals surface area contributed by atoms with Crippen LogP contribution in [0.4, 0.5) is 0 Å². The molecule has 0 fully saturated rings. The highest BCUT2D eigenvalue weighted by molar-refractivity contribution is 6.09. The van der Waals surface area contributed by atoms with Gasteiger partial charge in [-0.25, -0.2) is 0 Å². The van der Waals surface area contributed by atoms with E-state index in [2.05, 4.69) is 0 Å². The summed E-state index contributed by atoms with van der Waals surface area (Å²) >= 11 is 0. The highest BCUT2D eigenvalue weighted by Crippen LogP contribution is 1.93. The zero-order valence-corrected chi connectivity index (χ0v) is 7.00. The highest BCUT2D eigenvalue weighted by atomic mass is 16.1. The number of hydrogen-bond donors (Lipinski definition) is 0. The Hall–Kier alpha value is -1.37. The van der Waals surface area contributed by atoms with Gasteiger partial charge in [0.25, 0.3) is 0 Å². The lowest BCUT2D eigenvalue weighted by molar-refractivity contribution is -0.112. The minimum absolute atomic E-state index is 0.205. The maximum Gasteiger partial charge on any atom is 0.160 e. The van der Waals surface area contributed by atoms with E-state index in [4.69, 9.17) is 0 Å². The largest absolute Gasteiger partial charge is 0.294 e. The molecule has 0 N–H and O–H groups in total. The molecule has 1 heteroatoms. The summed E-state index contributed by atoms with van der Waals surface area (Å²) in [4.78, 5) is 11.1. The molecule has 1 nitrogen and oxygen atoms in total. The smallest absolute Gasteiger partial charge is 0.160 e. The average Bonchev–Trinajstić information content (AvgIpc) is 2.07. The lowest BCUT2D eigenvalue weighted by Gasteiger charge is -2.00. The topological polar surface area (TPSA) is 17.1 Å². The van der Waals surface area contributed by atoms with Crippen molar-refractivity contribution in [3.63, 3.8) is 0 Å². The Kier molecular flexibility index (Phi) is 1.58. The van der Waals surface area contributed by atoms with Crippen molar-refractivity contribution in [1.29, 1.82) is 0 Å². The molecule has 1 aromatic rings. The van der Waals surface area contributed by atoms with Crippen molar-refractivity contribution in [2.45, 2.75) is 13.3 Å². The normalized spacial score (nSPS) is 14.6. The van der Waals surface area contributed by atoms with E-state index in [0.29, 0.717) is 6.42 Å². The number of rotatable bonds is 0. The Morgan fingerprint density at radius 1 is 1.33 bits per heavy atom. The summed E-state index contributed by atoms with van der Waals surface area (Å²) in [5.41, 5.74) is 1.18. The second-order valence-corrected chi connectivity index (χ2v) is 3.10. The van der Waals surface area contributed by atoms with E-state index >= 15 is 0 Å². The number of hydrogen-bond acceptors (Lipinski definition) is 1. The average molecular weight is 158 g/mol. The van der Waals surface area contributed by atoms with Crippen LogP contribution in [0.5, 0.6) is 0 Å². The maximum absolute atomic E-state index is 11.1. The molecule has 1 aliphatic carbocycles. The van der Waals surface area contributed by atoms with Gasteiger partial charge in [-0.1, -0.05) is 24.3 Å². The first-order chi connectivity index (χ1) is 5.77. The van der Waals surface area contributed by atoms with Crippen LogP contribution in [0.1, 0.15) is 12.0 Å².